The van der Waals surface area contributed by atoms with Crippen molar-refractivity contribution < 1.29 is 12.8 Å². The van der Waals surface area contributed by atoms with E-state index >= 15 is 0 Å². The van der Waals surface area contributed by atoms with E-state index in [0.717, 1.165) is 48.8 Å². The molecule has 0 saturated carbocycles. The molecule has 29 heavy (non-hydrogen) atoms. The summed E-state index contributed by atoms with van der Waals surface area (Å²) in [5, 5.41) is 0.772. The largest absolute Gasteiger partial charge is 0.371 e. The number of benzene rings is 2. The first-order valence-electron chi connectivity index (χ1n) is 9.74. The van der Waals surface area contributed by atoms with Crippen LogP contribution in [0, 0.1) is 17.7 Å². The fraction of sp³-hybridized carbons (Fsp3) is 0.318. The van der Waals surface area contributed by atoms with Crippen molar-refractivity contribution in [1.29, 1.82) is 0 Å². The molecule has 3 heterocycles. The first-order valence-corrected chi connectivity index (χ1v) is 11.2. The average molecular weight is 412 g/mol. The summed E-state index contributed by atoms with van der Waals surface area (Å²) in [6.07, 6.45) is 1.35. The third kappa shape index (κ3) is 3.28. The van der Waals surface area contributed by atoms with Gasteiger partial charge in [0, 0.05) is 43.4 Å². The molecule has 2 fully saturated rings. The average Bonchev–Trinajstić information content (AvgIpc) is 3.24. The molecule has 0 bridgehead atoms. The lowest BCUT2D eigenvalue weighted by Gasteiger charge is -2.21. The molecule has 5 nitrogen and oxygen atoms in total. The van der Waals surface area contributed by atoms with Crippen molar-refractivity contribution in [2.75, 3.05) is 38.1 Å². The maximum absolute atomic E-state index is 13.5. The van der Waals surface area contributed by atoms with Gasteiger partial charge in [0.2, 0.25) is 9.84 Å². The molecule has 3 aromatic rings. The molecule has 1 aromatic heterocycles. The van der Waals surface area contributed by atoms with E-state index < -0.39 is 15.7 Å². The third-order valence-electron chi connectivity index (χ3n) is 6.09. The molecule has 150 valence electrons. The van der Waals surface area contributed by atoms with Crippen LogP contribution in [0.2, 0.25) is 0 Å². The number of halogens is 1. The summed E-state index contributed by atoms with van der Waals surface area (Å²) in [4.78, 5) is 9.12. The molecule has 2 aliphatic heterocycles. The minimum atomic E-state index is -3.82. The Kier molecular flexibility index (Phi) is 4.33. The van der Waals surface area contributed by atoms with Gasteiger partial charge in [-0.15, -0.1) is 0 Å². The lowest BCUT2D eigenvalue weighted by molar-refractivity contribution is 0.387. The van der Waals surface area contributed by atoms with Crippen LogP contribution in [0.15, 0.2) is 64.5 Å². The van der Waals surface area contributed by atoms with Gasteiger partial charge in [-0.05, 0) is 61.3 Å². The summed E-state index contributed by atoms with van der Waals surface area (Å²) in [6, 6.07) is 12.7. The second-order valence-electron chi connectivity index (χ2n) is 8.16. The molecule has 2 atom stereocenters. The Morgan fingerprint density at radius 1 is 0.966 bits per heavy atom. The van der Waals surface area contributed by atoms with Crippen molar-refractivity contribution in [2.45, 2.75) is 9.79 Å². The molecule has 0 spiro atoms. The van der Waals surface area contributed by atoms with Crippen LogP contribution in [0.4, 0.5) is 10.1 Å². The van der Waals surface area contributed by atoms with Gasteiger partial charge in [0.1, 0.15) is 5.82 Å². The van der Waals surface area contributed by atoms with Crippen LogP contribution in [0.5, 0.6) is 0 Å². The lowest BCUT2D eigenvalue weighted by Crippen LogP contribution is -2.26. The monoisotopic (exact) mass is 411 g/mol. The molecular weight excluding hydrogens is 389 g/mol. The highest BCUT2D eigenvalue weighted by atomic mass is 32.2. The molecule has 0 unspecified atom stereocenters. The second-order valence-corrected chi connectivity index (χ2v) is 10.1. The number of nitrogens with zero attached hydrogens (tertiary/aromatic N) is 3. The quantitative estimate of drug-likeness (QED) is 0.663. The molecule has 0 radical (unpaired) electrons. The molecule has 7 heteroatoms. The van der Waals surface area contributed by atoms with E-state index in [9.17, 15) is 12.8 Å². The van der Waals surface area contributed by atoms with Crippen molar-refractivity contribution in [2.24, 2.45) is 11.8 Å². The molecule has 0 N–H and O–H groups in total. The highest BCUT2D eigenvalue weighted by Crippen LogP contribution is 2.34. The number of hydrogen-bond donors (Lipinski definition) is 0. The van der Waals surface area contributed by atoms with Gasteiger partial charge in [0.15, 0.2) is 0 Å². The van der Waals surface area contributed by atoms with Crippen LogP contribution in [0.1, 0.15) is 0 Å². The number of aromatic nitrogens is 1. The molecule has 2 aliphatic rings. The standard InChI is InChI=1S/C22H22FN3O2S/c1-25-11-16-13-26(14-17(16)12-25)19-5-6-22-15(7-19)8-21(10-24-22)29(27,28)20-4-2-3-18(23)9-20/h2-10,16-17H,11-14H2,1H3/t16-,17+. The summed E-state index contributed by atoms with van der Waals surface area (Å²) in [7, 11) is -1.65. The van der Waals surface area contributed by atoms with Gasteiger partial charge >= 0.3 is 0 Å². The fourth-order valence-electron chi connectivity index (χ4n) is 4.65. The van der Waals surface area contributed by atoms with Crippen LogP contribution in [0.25, 0.3) is 10.9 Å². The van der Waals surface area contributed by atoms with Gasteiger partial charge in [-0.25, -0.2) is 12.8 Å². The molecule has 0 amide bonds. The first kappa shape index (κ1) is 18.5. The molecule has 0 aliphatic carbocycles. The van der Waals surface area contributed by atoms with Crippen molar-refractivity contribution in [1.82, 2.24) is 9.88 Å². The zero-order valence-electron chi connectivity index (χ0n) is 16.1. The van der Waals surface area contributed by atoms with E-state index in [0.29, 0.717) is 11.8 Å². The van der Waals surface area contributed by atoms with Crippen LogP contribution in [-0.2, 0) is 9.84 Å². The van der Waals surface area contributed by atoms with Crippen molar-refractivity contribution in [3.63, 3.8) is 0 Å². The summed E-state index contributed by atoms with van der Waals surface area (Å²) in [5.41, 5.74) is 1.84. The van der Waals surface area contributed by atoms with Gasteiger partial charge in [0.25, 0.3) is 0 Å². The van der Waals surface area contributed by atoms with E-state index in [4.69, 9.17) is 0 Å². The zero-order valence-corrected chi connectivity index (χ0v) is 16.9. The Morgan fingerprint density at radius 3 is 2.45 bits per heavy atom. The Bertz CT molecular complexity index is 1180. The minimum Gasteiger partial charge on any atom is -0.371 e. The normalized spacial score (nSPS) is 22.3. The van der Waals surface area contributed by atoms with Crippen molar-refractivity contribution in [3.05, 3.63) is 60.5 Å². The Labute approximate surface area is 169 Å². The molecular formula is C22H22FN3O2S. The highest BCUT2D eigenvalue weighted by molar-refractivity contribution is 7.91. The topological polar surface area (TPSA) is 53.5 Å². The number of likely N-dealkylation sites (tertiary alicyclic amines) is 1. The summed E-state index contributed by atoms with van der Waals surface area (Å²) < 4.78 is 39.3. The van der Waals surface area contributed by atoms with Gasteiger partial charge < -0.3 is 9.80 Å². The van der Waals surface area contributed by atoms with Gasteiger partial charge in [-0.1, -0.05) is 6.07 Å². The summed E-state index contributed by atoms with van der Waals surface area (Å²) in [5.74, 6) is 0.800. The van der Waals surface area contributed by atoms with Crippen molar-refractivity contribution >= 4 is 26.4 Å². The smallest absolute Gasteiger partial charge is 0.208 e. The van der Waals surface area contributed by atoms with E-state index in [-0.39, 0.29) is 9.79 Å². The van der Waals surface area contributed by atoms with Crippen LogP contribution in [0.3, 0.4) is 0 Å². The van der Waals surface area contributed by atoms with E-state index in [2.05, 4.69) is 27.9 Å². The number of sulfone groups is 1. The second kappa shape index (κ2) is 6.78. The Balaban J connectivity index is 1.49. The lowest BCUT2D eigenvalue weighted by atomic mass is 10.0. The van der Waals surface area contributed by atoms with E-state index in [1.807, 2.05) is 12.1 Å². The zero-order chi connectivity index (χ0) is 20.2. The molecule has 5 rings (SSSR count). The summed E-state index contributed by atoms with van der Waals surface area (Å²) >= 11 is 0. The van der Waals surface area contributed by atoms with E-state index in [1.165, 1.54) is 24.4 Å². The molecule has 2 aromatic carbocycles. The summed E-state index contributed by atoms with van der Waals surface area (Å²) in [6.45, 7) is 4.31. The number of hydrogen-bond acceptors (Lipinski definition) is 5. The fourth-order valence-corrected chi connectivity index (χ4v) is 5.92. The first-order chi connectivity index (χ1) is 13.9. The van der Waals surface area contributed by atoms with Crippen LogP contribution >= 0.6 is 0 Å². The van der Waals surface area contributed by atoms with Crippen molar-refractivity contribution in [3.8, 4) is 0 Å². The Morgan fingerprint density at radius 2 is 1.72 bits per heavy atom. The Hall–Kier alpha value is -2.51. The van der Waals surface area contributed by atoms with Gasteiger partial charge in [-0.2, -0.15) is 0 Å². The van der Waals surface area contributed by atoms with E-state index in [1.54, 1.807) is 6.07 Å². The predicted molar refractivity (Wildman–Crippen MR) is 110 cm³/mol. The number of rotatable bonds is 3. The highest BCUT2D eigenvalue weighted by Gasteiger charge is 2.38. The third-order valence-corrected chi connectivity index (χ3v) is 7.81. The maximum atomic E-state index is 13.5. The predicted octanol–water partition coefficient (Wildman–Crippen LogP) is 3.20. The minimum absolute atomic E-state index is 0.0636. The van der Waals surface area contributed by atoms with Crippen LogP contribution in [-0.4, -0.2) is 51.5 Å². The van der Waals surface area contributed by atoms with Gasteiger partial charge in [-0.3, -0.25) is 4.98 Å². The molecule has 2 saturated heterocycles. The van der Waals surface area contributed by atoms with Gasteiger partial charge in [0.05, 0.1) is 15.3 Å². The number of fused-ring (bicyclic) bond motifs is 2. The number of anilines is 1. The SMILES string of the molecule is CN1C[C@@H]2CN(c3ccc4ncc(S(=O)(=O)c5cccc(F)c5)cc4c3)C[C@@H]2C1. The maximum Gasteiger partial charge on any atom is 0.208 e. The van der Waals surface area contributed by atoms with Crippen LogP contribution < -0.4 is 4.90 Å². The number of pyridine rings is 1.